The summed E-state index contributed by atoms with van der Waals surface area (Å²) >= 11 is 0. The number of hydrogen-bond donors (Lipinski definition) is 1. The molecule has 3 atom stereocenters. The van der Waals surface area contributed by atoms with Crippen LogP contribution in [0.15, 0.2) is 67.3 Å². The van der Waals surface area contributed by atoms with Crippen molar-refractivity contribution in [3.63, 3.8) is 0 Å². The molecule has 7 nitrogen and oxygen atoms in total. The molecule has 7 heteroatoms. The van der Waals surface area contributed by atoms with Crippen molar-refractivity contribution in [2.24, 2.45) is 0 Å². The molecular formula is C23H23N5O2. The molecule has 4 heterocycles. The van der Waals surface area contributed by atoms with Crippen LogP contribution in [0.4, 0.5) is 0 Å². The number of fused-ring (bicyclic) bond motifs is 1. The Labute approximate surface area is 175 Å². The molecule has 2 aliphatic heterocycles. The number of amides is 1. The van der Waals surface area contributed by atoms with Crippen molar-refractivity contribution in [2.45, 2.75) is 24.6 Å². The molecule has 5 rings (SSSR count). The Kier molecular flexibility index (Phi) is 5.21. The van der Waals surface area contributed by atoms with E-state index in [-0.39, 0.29) is 18.1 Å². The number of benzene rings is 1. The van der Waals surface area contributed by atoms with Crippen molar-refractivity contribution in [2.75, 3.05) is 19.7 Å². The summed E-state index contributed by atoms with van der Waals surface area (Å²) in [6.45, 7) is 2.37. The number of pyridine rings is 1. The maximum Gasteiger partial charge on any atom is 0.254 e. The van der Waals surface area contributed by atoms with Crippen molar-refractivity contribution >= 4 is 5.91 Å². The van der Waals surface area contributed by atoms with Crippen molar-refractivity contribution in [3.05, 3.63) is 78.4 Å². The Morgan fingerprint density at radius 3 is 2.63 bits per heavy atom. The van der Waals surface area contributed by atoms with E-state index < -0.39 is 0 Å². The van der Waals surface area contributed by atoms with Crippen LogP contribution in [0.5, 0.6) is 0 Å². The van der Waals surface area contributed by atoms with Crippen molar-refractivity contribution in [1.82, 2.24) is 25.2 Å². The molecular weight excluding hydrogens is 378 g/mol. The van der Waals surface area contributed by atoms with Gasteiger partial charge in [0.25, 0.3) is 5.91 Å². The van der Waals surface area contributed by atoms with Crippen LogP contribution in [0.3, 0.4) is 0 Å². The van der Waals surface area contributed by atoms with Gasteiger partial charge in [0.1, 0.15) is 0 Å². The highest BCUT2D eigenvalue weighted by Crippen LogP contribution is 2.30. The van der Waals surface area contributed by atoms with Crippen LogP contribution in [-0.4, -0.2) is 57.5 Å². The number of nitrogens with zero attached hydrogens (tertiary/aromatic N) is 4. The summed E-state index contributed by atoms with van der Waals surface area (Å²) in [7, 11) is 0. The van der Waals surface area contributed by atoms with Crippen LogP contribution in [0.25, 0.3) is 11.4 Å². The number of hydrogen-bond acceptors (Lipinski definition) is 6. The zero-order valence-electron chi connectivity index (χ0n) is 16.5. The maximum absolute atomic E-state index is 12.7. The average Bonchev–Trinajstić information content (AvgIpc) is 3.22. The third kappa shape index (κ3) is 3.94. The third-order valence-corrected chi connectivity index (χ3v) is 5.76. The summed E-state index contributed by atoms with van der Waals surface area (Å²) in [5.41, 5.74) is 2.49. The van der Waals surface area contributed by atoms with E-state index >= 15 is 0 Å². The Morgan fingerprint density at radius 2 is 1.87 bits per heavy atom. The highest BCUT2D eigenvalue weighted by molar-refractivity contribution is 5.94. The number of nitrogens with one attached hydrogen (secondary N) is 1. The summed E-state index contributed by atoms with van der Waals surface area (Å²) < 4.78 is 6.09. The first-order valence-corrected chi connectivity index (χ1v) is 10.2. The molecule has 3 aromatic rings. The molecule has 2 saturated heterocycles. The summed E-state index contributed by atoms with van der Waals surface area (Å²) in [4.78, 5) is 27.8. The molecule has 1 N–H and O–H groups in total. The van der Waals surface area contributed by atoms with Gasteiger partial charge in [-0.15, -0.1) is 0 Å². The normalized spacial score (nSPS) is 23.7. The minimum atomic E-state index is -0.141. The Balaban J connectivity index is 1.19. The first-order valence-electron chi connectivity index (χ1n) is 10.2. The molecule has 0 bridgehead atoms. The molecule has 152 valence electrons. The van der Waals surface area contributed by atoms with E-state index in [9.17, 15) is 4.79 Å². The third-order valence-electron chi connectivity index (χ3n) is 5.76. The van der Waals surface area contributed by atoms with Gasteiger partial charge in [0.2, 0.25) is 0 Å². The van der Waals surface area contributed by atoms with E-state index in [1.54, 1.807) is 24.8 Å². The quantitative estimate of drug-likeness (QED) is 0.724. The Morgan fingerprint density at radius 1 is 1.03 bits per heavy atom. The van der Waals surface area contributed by atoms with Crippen LogP contribution >= 0.6 is 0 Å². The lowest BCUT2D eigenvalue weighted by molar-refractivity contribution is -0.0502. The molecule has 0 unspecified atom stereocenters. The highest BCUT2D eigenvalue weighted by Gasteiger charge is 2.38. The fourth-order valence-corrected chi connectivity index (χ4v) is 4.21. The topological polar surface area (TPSA) is 80.2 Å². The fourth-order valence-electron chi connectivity index (χ4n) is 4.21. The predicted molar refractivity (Wildman–Crippen MR) is 112 cm³/mol. The van der Waals surface area contributed by atoms with Gasteiger partial charge >= 0.3 is 0 Å². The molecule has 1 aromatic carbocycles. The van der Waals surface area contributed by atoms with E-state index in [1.165, 1.54) is 5.56 Å². The van der Waals surface area contributed by atoms with Crippen LogP contribution in [0.1, 0.15) is 28.4 Å². The van der Waals surface area contributed by atoms with Gasteiger partial charge in [-0.25, -0.2) is 9.97 Å². The second-order valence-corrected chi connectivity index (χ2v) is 7.78. The molecule has 0 spiro atoms. The highest BCUT2D eigenvalue weighted by atomic mass is 16.5. The molecule has 0 aliphatic carbocycles. The van der Waals surface area contributed by atoms with Crippen LogP contribution in [-0.2, 0) is 4.74 Å². The lowest BCUT2D eigenvalue weighted by Crippen LogP contribution is -2.43. The van der Waals surface area contributed by atoms with E-state index in [0.717, 1.165) is 25.1 Å². The van der Waals surface area contributed by atoms with Gasteiger partial charge < -0.3 is 10.1 Å². The molecule has 30 heavy (non-hydrogen) atoms. The van der Waals surface area contributed by atoms with E-state index in [2.05, 4.69) is 37.3 Å². The molecule has 0 radical (unpaired) electrons. The molecule has 0 saturated carbocycles. The molecule has 1 amide bonds. The summed E-state index contributed by atoms with van der Waals surface area (Å²) in [6, 6.07) is 14.5. The number of aromatic nitrogens is 3. The van der Waals surface area contributed by atoms with Gasteiger partial charge in [-0.1, -0.05) is 30.3 Å². The number of morpholine rings is 1. The van der Waals surface area contributed by atoms with Crippen LogP contribution in [0, 0.1) is 0 Å². The standard InChI is InChI=1S/C23H23N5O2/c29-23(18-11-25-22(26-12-18)17-7-4-8-24-10-17)27-19-9-20-15-30-21(14-28(20)13-19)16-5-2-1-3-6-16/h1-8,10-12,19-21H,9,13-15H2,(H,27,29)/t19-,20-,21+/m0/s1. The number of rotatable bonds is 4. The largest absolute Gasteiger partial charge is 0.371 e. The minimum Gasteiger partial charge on any atom is -0.371 e. The van der Waals surface area contributed by atoms with Gasteiger partial charge in [0, 0.05) is 55.5 Å². The average molecular weight is 401 g/mol. The second kappa shape index (κ2) is 8.30. The predicted octanol–water partition coefficient (Wildman–Crippen LogP) is 2.48. The van der Waals surface area contributed by atoms with Gasteiger partial charge in [-0.3, -0.25) is 14.7 Å². The molecule has 2 fully saturated rings. The van der Waals surface area contributed by atoms with Gasteiger partial charge in [0.15, 0.2) is 5.82 Å². The molecule has 2 aliphatic rings. The van der Waals surface area contributed by atoms with E-state index in [4.69, 9.17) is 4.74 Å². The van der Waals surface area contributed by atoms with Crippen molar-refractivity contribution in [1.29, 1.82) is 0 Å². The van der Waals surface area contributed by atoms with E-state index in [0.29, 0.717) is 24.0 Å². The van der Waals surface area contributed by atoms with Gasteiger partial charge in [-0.05, 0) is 24.1 Å². The smallest absolute Gasteiger partial charge is 0.254 e. The first kappa shape index (κ1) is 18.8. The summed E-state index contributed by atoms with van der Waals surface area (Å²) in [5.74, 6) is 0.417. The van der Waals surface area contributed by atoms with Crippen molar-refractivity contribution < 1.29 is 9.53 Å². The lowest BCUT2D eigenvalue weighted by Gasteiger charge is -2.35. The SMILES string of the molecule is O=C(N[C@H]1C[C@H]2CO[C@@H](c3ccccc3)CN2C1)c1cnc(-c2cccnc2)nc1. The minimum absolute atomic E-state index is 0.0883. The Hall–Kier alpha value is -3.16. The Bertz CT molecular complexity index is 997. The number of carbonyl (C=O) groups excluding carboxylic acids is 1. The van der Waals surface area contributed by atoms with Gasteiger partial charge in [0.05, 0.1) is 18.3 Å². The van der Waals surface area contributed by atoms with Crippen LogP contribution < -0.4 is 5.32 Å². The molecule has 2 aromatic heterocycles. The maximum atomic E-state index is 12.7. The lowest BCUT2D eigenvalue weighted by atomic mass is 10.1. The van der Waals surface area contributed by atoms with E-state index in [1.807, 2.05) is 30.3 Å². The first-order chi connectivity index (χ1) is 14.8. The number of carbonyl (C=O) groups is 1. The van der Waals surface area contributed by atoms with Crippen LogP contribution in [0.2, 0.25) is 0 Å². The summed E-state index contributed by atoms with van der Waals surface area (Å²) in [6.07, 6.45) is 7.53. The zero-order chi connectivity index (χ0) is 20.3. The number of ether oxygens (including phenoxy) is 1. The van der Waals surface area contributed by atoms with Crippen molar-refractivity contribution in [3.8, 4) is 11.4 Å². The second-order valence-electron chi connectivity index (χ2n) is 7.78. The fraction of sp³-hybridized carbons (Fsp3) is 0.304. The summed E-state index contributed by atoms with van der Waals surface area (Å²) in [5, 5.41) is 3.14. The monoisotopic (exact) mass is 401 g/mol. The van der Waals surface area contributed by atoms with Gasteiger partial charge in [-0.2, -0.15) is 0 Å². The zero-order valence-corrected chi connectivity index (χ0v) is 16.5.